The Labute approximate surface area is 180 Å². The van der Waals surface area contributed by atoms with Gasteiger partial charge in [0.1, 0.15) is 11.5 Å². The zero-order valence-corrected chi connectivity index (χ0v) is 16.9. The fourth-order valence-corrected chi connectivity index (χ4v) is 3.27. The van der Waals surface area contributed by atoms with Crippen molar-refractivity contribution in [2.45, 2.75) is 0 Å². The molecule has 0 atom stereocenters. The van der Waals surface area contributed by atoms with Crippen molar-refractivity contribution in [3.63, 3.8) is 0 Å². The second-order valence-electron chi connectivity index (χ2n) is 6.97. The first-order valence-electron chi connectivity index (χ1n) is 9.86. The molecular formula is C26H18N5. The van der Waals surface area contributed by atoms with Gasteiger partial charge in [0, 0.05) is 30.1 Å². The lowest BCUT2D eigenvalue weighted by atomic mass is 10.1. The summed E-state index contributed by atoms with van der Waals surface area (Å²) < 4.78 is 1.78. The first-order chi connectivity index (χ1) is 15.3. The van der Waals surface area contributed by atoms with Crippen LogP contribution in [0.25, 0.3) is 16.9 Å². The number of anilines is 2. The van der Waals surface area contributed by atoms with Crippen molar-refractivity contribution < 1.29 is 0 Å². The fourth-order valence-electron chi connectivity index (χ4n) is 3.27. The van der Waals surface area contributed by atoms with E-state index >= 15 is 0 Å². The van der Waals surface area contributed by atoms with Crippen molar-refractivity contribution >= 4 is 17.2 Å². The number of imidazole rings is 1. The van der Waals surface area contributed by atoms with Crippen LogP contribution in [0.15, 0.2) is 91.3 Å². The summed E-state index contributed by atoms with van der Waals surface area (Å²) in [7, 11) is 1.99. The molecule has 0 spiro atoms. The van der Waals surface area contributed by atoms with Gasteiger partial charge in [0.05, 0.1) is 11.9 Å². The van der Waals surface area contributed by atoms with Crippen LogP contribution in [0.3, 0.4) is 0 Å². The quantitative estimate of drug-likeness (QED) is 0.410. The Kier molecular flexibility index (Phi) is 4.88. The van der Waals surface area contributed by atoms with Gasteiger partial charge in [-0.1, -0.05) is 48.4 Å². The summed E-state index contributed by atoms with van der Waals surface area (Å²) in [6, 6.07) is 28.7. The van der Waals surface area contributed by atoms with Gasteiger partial charge in [0.25, 0.3) is 0 Å². The molecule has 0 aliphatic carbocycles. The van der Waals surface area contributed by atoms with Crippen LogP contribution in [0.4, 0.5) is 11.5 Å². The Balaban J connectivity index is 1.47. The van der Waals surface area contributed by atoms with Gasteiger partial charge < -0.3 is 4.90 Å². The molecule has 3 aromatic heterocycles. The van der Waals surface area contributed by atoms with Gasteiger partial charge in [-0.15, -0.1) is 0 Å². The minimum absolute atomic E-state index is 0.731. The van der Waals surface area contributed by atoms with E-state index in [1.807, 2.05) is 90.8 Å². The minimum atomic E-state index is 0.731. The van der Waals surface area contributed by atoms with Gasteiger partial charge in [-0.05, 0) is 48.4 Å². The van der Waals surface area contributed by atoms with E-state index in [4.69, 9.17) is 5.10 Å². The molecule has 0 fully saturated rings. The molecule has 2 aromatic carbocycles. The van der Waals surface area contributed by atoms with Crippen molar-refractivity contribution in [2.75, 3.05) is 11.9 Å². The van der Waals surface area contributed by atoms with Gasteiger partial charge in [-0.2, -0.15) is 5.10 Å². The number of pyridine rings is 1. The minimum Gasteiger partial charge on any atom is -0.329 e. The summed E-state index contributed by atoms with van der Waals surface area (Å²) in [5.74, 6) is 7.26. The molecule has 5 aromatic rings. The van der Waals surface area contributed by atoms with Crippen LogP contribution >= 0.6 is 0 Å². The highest BCUT2D eigenvalue weighted by atomic mass is 15.3. The van der Waals surface area contributed by atoms with E-state index < -0.39 is 0 Å². The highest BCUT2D eigenvalue weighted by Gasteiger charge is 2.07. The zero-order valence-electron chi connectivity index (χ0n) is 16.9. The van der Waals surface area contributed by atoms with Crippen molar-refractivity contribution in [2.24, 2.45) is 0 Å². The maximum absolute atomic E-state index is 4.72. The normalized spacial score (nSPS) is 10.5. The summed E-state index contributed by atoms with van der Waals surface area (Å²) in [6.07, 6.45) is 3.52. The summed E-state index contributed by atoms with van der Waals surface area (Å²) in [5, 5.41) is 4.72. The lowest BCUT2D eigenvalue weighted by Crippen LogP contribution is -2.10. The third kappa shape index (κ3) is 3.87. The average molecular weight is 400 g/mol. The lowest BCUT2D eigenvalue weighted by Gasteiger charge is -2.18. The van der Waals surface area contributed by atoms with E-state index in [1.165, 1.54) is 0 Å². The molecule has 1 radical (unpaired) electrons. The number of fused-ring (bicyclic) bond motifs is 1. The van der Waals surface area contributed by atoms with Crippen LogP contribution in [0.2, 0.25) is 0 Å². The average Bonchev–Trinajstić information content (AvgIpc) is 3.26. The second-order valence-corrected chi connectivity index (χ2v) is 6.97. The van der Waals surface area contributed by atoms with E-state index in [0.29, 0.717) is 0 Å². The molecule has 0 bridgehead atoms. The van der Waals surface area contributed by atoms with Crippen molar-refractivity contribution in [1.82, 2.24) is 19.6 Å². The van der Waals surface area contributed by atoms with Crippen LogP contribution < -0.4 is 4.90 Å². The molecule has 0 amide bonds. The van der Waals surface area contributed by atoms with Crippen LogP contribution in [0, 0.1) is 17.9 Å². The van der Waals surface area contributed by atoms with Crippen molar-refractivity contribution in [1.29, 1.82) is 0 Å². The van der Waals surface area contributed by atoms with E-state index in [2.05, 4.69) is 27.9 Å². The molecule has 0 N–H and O–H groups in total. The molecule has 5 rings (SSSR count). The first-order valence-corrected chi connectivity index (χ1v) is 9.86. The first kappa shape index (κ1) is 18.6. The SMILES string of the molecule is CN(c1ccccc1)c1cc(C#Cc2cnc3ccc(-c4cc[c]cc4)nn23)ccn1. The number of hydrogen-bond donors (Lipinski definition) is 0. The maximum atomic E-state index is 4.72. The molecule has 3 heterocycles. The molecule has 147 valence electrons. The van der Waals surface area contributed by atoms with Crippen LogP contribution in [-0.4, -0.2) is 26.6 Å². The summed E-state index contributed by atoms with van der Waals surface area (Å²) in [5.41, 5.74) is 5.31. The molecule has 0 unspecified atom stereocenters. The van der Waals surface area contributed by atoms with E-state index in [-0.39, 0.29) is 0 Å². The smallest absolute Gasteiger partial charge is 0.154 e. The third-order valence-electron chi connectivity index (χ3n) is 4.94. The van der Waals surface area contributed by atoms with E-state index in [9.17, 15) is 0 Å². The Morgan fingerprint density at radius 3 is 2.58 bits per heavy atom. The number of rotatable bonds is 3. The summed E-state index contributed by atoms with van der Waals surface area (Å²) in [6.45, 7) is 0. The van der Waals surface area contributed by atoms with Gasteiger partial charge >= 0.3 is 0 Å². The highest BCUT2D eigenvalue weighted by molar-refractivity contribution is 5.62. The van der Waals surface area contributed by atoms with Crippen molar-refractivity contribution in [3.8, 4) is 23.1 Å². The monoisotopic (exact) mass is 400 g/mol. The maximum Gasteiger partial charge on any atom is 0.154 e. The molecule has 0 saturated heterocycles. The standard InChI is InChI=1S/C26H18N5/c1-30(22-10-6-3-7-11-22)26-18-20(16-17-27-26)12-13-23-19-28-25-15-14-24(29-31(23)25)21-8-4-2-5-9-21/h3-11,14-19H,1H3. The van der Waals surface area contributed by atoms with Crippen LogP contribution in [-0.2, 0) is 0 Å². The number of hydrogen-bond acceptors (Lipinski definition) is 4. The zero-order chi connectivity index (χ0) is 21.0. The molecule has 0 aliphatic rings. The topological polar surface area (TPSA) is 46.3 Å². The largest absolute Gasteiger partial charge is 0.329 e. The van der Waals surface area contributed by atoms with E-state index in [1.54, 1.807) is 16.9 Å². The Morgan fingerprint density at radius 1 is 0.903 bits per heavy atom. The highest BCUT2D eigenvalue weighted by Crippen LogP contribution is 2.21. The molecule has 31 heavy (non-hydrogen) atoms. The van der Waals surface area contributed by atoms with Crippen molar-refractivity contribution in [3.05, 3.63) is 109 Å². The number of nitrogens with zero attached hydrogens (tertiary/aromatic N) is 5. The van der Waals surface area contributed by atoms with Gasteiger partial charge in [-0.25, -0.2) is 14.5 Å². The molecule has 0 saturated carbocycles. The van der Waals surface area contributed by atoms with Crippen LogP contribution in [0.5, 0.6) is 0 Å². The number of para-hydroxylation sites is 1. The Morgan fingerprint density at radius 2 is 1.74 bits per heavy atom. The predicted molar refractivity (Wildman–Crippen MR) is 122 cm³/mol. The molecular weight excluding hydrogens is 382 g/mol. The van der Waals surface area contributed by atoms with Gasteiger partial charge in [-0.3, -0.25) is 0 Å². The van der Waals surface area contributed by atoms with Gasteiger partial charge in [0.15, 0.2) is 5.65 Å². The Hall–Kier alpha value is -4.43. The summed E-state index contributed by atoms with van der Waals surface area (Å²) >= 11 is 0. The Bertz CT molecular complexity index is 1400. The van der Waals surface area contributed by atoms with Gasteiger partial charge in [0.2, 0.25) is 0 Å². The lowest BCUT2D eigenvalue weighted by molar-refractivity contribution is 0.930. The fraction of sp³-hybridized carbons (Fsp3) is 0.0385. The van der Waals surface area contributed by atoms with Crippen LogP contribution in [0.1, 0.15) is 11.3 Å². The summed E-state index contributed by atoms with van der Waals surface area (Å²) in [4.78, 5) is 10.9. The number of benzene rings is 2. The third-order valence-corrected chi connectivity index (χ3v) is 4.94. The molecule has 0 aliphatic heterocycles. The molecule has 5 heteroatoms. The number of aromatic nitrogens is 4. The van der Waals surface area contributed by atoms with E-state index in [0.717, 1.165) is 39.7 Å². The predicted octanol–water partition coefficient (Wildman–Crippen LogP) is 4.76. The molecule has 5 nitrogen and oxygen atoms in total. The second kappa shape index (κ2) is 8.13.